The van der Waals surface area contributed by atoms with Crippen molar-refractivity contribution in [2.24, 2.45) is 5.92 Å². The van der Waals surface area contributed by atoms with Crippen LogP contribution in [0.3, 0.4) is 0 Å². The van der Waals surface area contributed by atoms with E-state index < -0.39 is 5.97 Å². The number of ether oxygens (including phenoxy) is 2. The normalized spacial score (nSPS) is 19.2. The molecule has 2 heterocycles. The van der Waals surface area contributed by atoms with Crippen molar-refractivity contribution in [3.05, 3.63) is 89.9 Å². The average molecular weight is 543 g/mol. The molecule has 6 rings (SSSR count). The van der Waals surface area contributed by atoms with E-state index in [2.05, 4.69) is 17.4 Å². The summed E-state index contributed by atoms with van der Waals surface area (Å²) in [6.07, 6.45) is 4.26. The van der Waals surface area contributed by atoms with Gasteiger partial charge in [-0.1, -0.05) is 36.4 Å². The third-order valence-corrected chi connectivity index (χ3v) is 7.93. The number of carboxylic acids is 1. The molecule has 7 nitrogen and oxygen atoms in total. The third-order valence-electron chi connectivity index (χ3n) is 7.93. The summed E-state index contributed by atoms with van der Waals surface area (Å²) in [7, 11) is 0. The summed E-state index contributed by atoms with van der Waals surface area (Å²) < 4.78 is 27.6. The maximum Gasteiger partial charge on any atom is 0.306 e. The number of benzene rings is 3. The Bertz CT molecular complexity index is 1520. The second kappa shape index (κ2) is 11.1. The maximum absolute atomic E-state index is 14.7. The van der Waals surface area contributed by atoms with Crippen LogP contribution in [0.15, 0.2) is 72.9 Å². The van der Waals surface area contributed by atoms with Gasteiger partial charge in [-0.3, -0.25) is 9.59 Å². The standard InChI is InChI=1S/C32H31FN2O5/c33-29-14-13-28(31(36)34-24-9-5-23(6-10-24)32(37)38)30-27(29)15-16-35(30)17-20-1-3-21(4-2-20)22-7-11-25(12-8-22)40-26-18-39-19-26/h1-4,7-8,11-16,23-24,26H,5-6,9-10,17-19H2,(H,34,36)(H,37,38). The molecule has 1 aliphatic heterocycles. The number of nitrogens with one attached hydrogen (secondary N) is 1. The van der Waals surface area contributed by atoms with E-state index >= 15 is 0 Å². The summed E-state index contributed by atoms with van der Waals surface area (Å²) >= 11 is 0. The monoisotopic (exact) mass is 542 g/mol. The van der Waals surface area contributed by atoms with E-state index in [1.54, 1.807) is 6.07 Å². The van der Waals surface area contributed by atoms with E-state index in [1.807, 2.05) is 47.2 Å². The molecule has 3 aromatic carbocycles. The maximum atomic E-state index is 14.7. The van der Waals surface area contributed by atoms with Gasteiger partial charge in [0, 0.05) is 24.2 Å². The van der Waals surface area contributed by atoms with Crippen molar-refractivity contribution >= 4 is 22.8 Å². The largest absolute Gasteiger partial charge is 0.486 e. The van der Waals surface area contributed by atoms with Gasteiger partial charge in [-0.05, 0) is 72.7 Å². The number of fused-ring (bicyclic) bond motifs is 1. The van der Waals surface area contributed by atoms with Crippen LogP contribution in [-0.2, 0) is 16.1 Å². The van der Waals surface area contributed by atoms with Gasteiger partial charge < -0.3 is 24.5 Å². The van der Waals surface area contributed by atoms with Crippen molar-refractivity contribution in [2.75, 3.05) is 13.2 Å². The van der Waals surface area contributed by atoms with Gasteiger partial charge in [0.1, 0.15) is 17.7 Å². The van der Waals surface area contributed by atoms with Crippen LogP contribution in [0.2, 0.25) is 0 Å². The van der Waals surface area contributed by atoms with Crippen LogP contribution in [0.1, 0.15) is 41.6 Å². The first kappa shape index (κ1) is 26.1. The Balaban J connectivity index is 1.17. The minimum atomic E-state index is -0.779. The number of nitrogens with zero attached hydrogens (tertiary/aromatic N) is 1. The van der Waals surface area contributed by atoms with E-state index in [-0.39, 0.29) is 29.8 Å². The Morgan fingerprint density at radius 3 is 2.23 bits per heavy atom. The third kappa shape index (κ3) is 5.45. The van der Waals surface area contributed by atoms with Crippen molar-refractivity contribution in [3.8, 4) is 16.9 Å². The zero-order valence-electron chi connectivity index (χ0n) is 22.0. The van der Waals surface area contributed by atoms with Crippen LogP contribution in [0.5, 0.6) is 5.75 Å². The molecular formula is C32H31FN2O5. The fourth-order valence-electron chi connectivity index (χ4n) is 5.55. The number of aliphatic carboxylic acids is 1. The SMILES string of the molecule is O=C(NC1CCC(C(=O)O)CC1)c1ccc(F)c2ccn(Cc3ccc(-c4ccc(OC5COC5)cc4)cc3)c12. The van der Waals surface area contributed by atoms with Crippen LogP contribution < -0.4 is 10.1 Å². The smallest absolute Gasteiger partial charge is 0.306 e. The van der Waals surface area contributed by atoms with Gasteiger partial charge in [0.25, 0.3) is 5.91 Å². The number of carbonyl (C=O) groups is 2. The van der Waals surface area contributed by atoms with Crippen LogP contribution >= 0.6 is 0 Å². The number of rotatable bonds is 8. The molecule has 4 aromatic rings. The van der Waals surface area contributed by atoms with Gasteiger partial charge in [0.05, 0.1) is 30.2 Å². The van der Waals surface area contributed by atoms with Gasteiger partial charge in [0.15, 0.2) is 0 Å². The molecule has 1 aliphatic carbocycles. The van der Waals surface area contributed by atoms with E-state index in [4.69, 9.17) is 9.47 Å². The molecular weight excluding hydrogens is 511 g/mol. The first-order chi connectivity index (χ1) is 19.4. The van der Waals surface area contributed by atoms with Crippen LogP contribution in [-0.4, -0.2) is 46.9 Å². The second-order valence-electron chi connectivity index (χ2n) is 10.7. The average Bonchev–Trinajstić information content (AvgIpc) is 3.36. The molecule has 2 fully saturated rings. The van der Waals surface area contributed by atoms with Gasteiger partial charge in [-0.2, -0.15) is 0 Å². The molecule has 0 spiro atoms. The van der Waals surface area contributed by atoms with Gasteiger partial charge >= 0.3 is 5.97 Å². The molecule has 0 atom stereocenters. The van der Waals surface area contributed by atoms with E-state index in [0.717, 1.165) is 22.4 Å². The highest BCUT2D eigenvalue weighted by Gasteiger charge is 2.28. The lowest BCUT2D eigenvalue weighted by molar-refractivity contribution is -0.142. The molecule has 2 N–H and O–H groups in total. The number of carboxylic acid groups (broad SMARTS) is 1. The van der Waals surface area contributed by atoms with E-state index in [9.17, 15) is 19.1 Å². The highest BCUT2D eigenvalue weighted by molar-refractivity contribution is 6.06. The summed E-state index contributed by atoms with van der Waals surface area (Å²) in [5.74, 6) is -0.946. The van der Waals surface area contributed by atoms with Crippen molar-refractivity contribution < 1.29 is 28.6 Å². The van der Waals surface area contributed by atoms with Gasteiger partial charge in [0.2, 0.25) is 0 Å². The molecule has 1 saturated heterocycles. The molecule has 1 aromatic heterocycles. The lowest BCUT2D eigenvalue weighted by atomic mass is 9.86. The Hall–Kier alpha value is -4.17. The van der Waals surface area contributed by atoms with Crippen LogP contribution in [0.4, 0.5) is 4.39 Å². The molecule has 8 heteroatoms. The second-order valence-corrected chi connectivity index (χ2v) is 10.7. The molecule has 206 valence electrons. The van der Waals surface area contributed by atoms with Crippen LogP contribution in [0, 0.1) is 11.7 Å². The van der Waals surface area contributed by atoms with Crippen LogP contribution in [0.25, 0.3) is 22.0 Å². The Morgan fingerprint density at radius 2 is 1.60 bits per heavy atom. The van der Waals surface area contributed by atoms with Gasteiger partial charge in [-0.25, -0.2) is 4.39 Å². The zero-order valence-corrected chi connectivity index (χ0v) is 22.0. The Labute approximate surface area is 231 Å². The molecule has 2 aliphatic rings. The summed E-state index contributed by atoms with van der Waals surface area (Å²) in [5.41, 5.74) is 4.13. The number of amides is 1. The van der Waals surface area contributed by atoms with Crippen molar-refractivity contribution in [3.63, 3.8) is 0 Å². The fraction of sp³-hybridized carbons (Fsp3) is 0.312. The number of hydrogen-bond donors (Lipinski definition) is 2. The highest BCUT2D eigenvalue weighted by atomic mass is 19.1. The van der Waals surface area contributed by atoms with E-state index in [1.165, 1.54) is 12.1 Å². The Kier molecular flexibility index (Phi) is 7.26. The molecule has 1 amide bonds. The molecule has 0 bridgehead atoms. The number of hydrogen-bond acceptors (Lipinski definition) is 4. The highest BCUT2D eigenvalue weighted by Crippen LogP contribution is 2.28. The fourth-order valence-corrected chi connectivity index (χ4v) is 5.55. The van der Waals surface area contributed by atoms with Crippen molar-refractivity contribution in [1.82, 2.24) is 9.88 Å². The van der Waals surface area contributed by atoms with Crippen molar-refractivity contribution in [1.29, 1.82) is 0 Å². The molecule has 40 heavy (non-hydrogen) atoms. The minimum absolute atomic E-state index is 0.0907. The summed E-state index contributed by atoms with van der Waals surface area (Å²) in [6, 6.07) is 20.6. The minimum Gasteiger partial charge on any atom is -0.486 e. The Morgan fingerprint density at radius 1 is 0.925 bits per heavy atom. The summed E-state index contributed by atoms with van der Waals surface area (Å²) in [4.78, 5) is 24.5. The molecule has 0 radical (unpaired) electrons. The molecule has 0 unspecified atom stereocenters. The quantitative estimate of drug-likeness (QED) is 0.301. The number of halogens is 1. The topological polar surface area (TPSA) is 89.8 Å². The van der Waals surface area contributed by atoms with Gasteiger partial charge in [-0.15, -0.1) is 0 Å². The predicted octanol–water partition coefficient (Wildman–Crippen LogP) is 5.65. The summed E-state index contributed by atoms with van der Waals surface area (Å²) in [5, 5.41) is 12.7. The first-order valence-corrected chi connectivity index (χ1v) is 13.7. The lowest BCUT2D eigenvalue weighted by Gasteiger charge is -2.27. The summed E-state index contributed by atoms with van der Waals surface area (Å²) in [6.45, 7) is 1.75. The predicted molar refractivity (Wildman–Crippen MR) is 149 cm³/mol. The van der Waals surface area contributed by atoms with Crippen molar-refractivity contribution in [2.45, 2.75) is 44.4 Å². The first-order valence-electron chi connectivity index (χ1n) is 13.7. The number of aromatic nitrogens is 1. The number of carbonyl (C=O) groups excluding carboxylic acids is 1. The molecule has 1 saturated carbocycles. The zero-order chi connectivity index (χ0) is 27.6. The van der Waals surface area contributed by atoms with E-state index in [0.29, 0.717) is 61.9 Å². The lowest BCUT2D eigenvalue weighted by Crippen LogP contribution is -2.38.